The Balaban J connectivity index is 1.87. The molecule has 4 aromatic carbocycles. The van der Waals surface area contributed by atoms with Crippen LogP contribution in [0.2, 0.25) is 0 Å². The molecule has 0 atom stereocenters. The molecular weight excluding hydrogens is 338 g/mol. The Morgan fingerprint density at radius 3 is 2.07 bits per heavy atom. The normalized spacial score (nSPS) is 11.3. The Hall–Kier alpha value is -3.32. The van der Waals surface area contributed by atoms with E-state index < -0.39 is 0 Å². The van der Waals surface area contributed by atoms with Gasteiger partial charge in [-0.2, -0.15) is 0 Å². The summed E-state index contributed by atoms with van der Waals surface area (Å²) >= 11 is 0. The molecule has 1 aromatic heterocycles. The molecule has 0 saturated heterocycles. The number of para-hydroxylation sites is 1. The zero-order chi connectivity index (χ0) is 18.9. The van der Waals surface area contributed by atoms with Crippen LogP contribution in [-0.4, -0.2) is 4.57 Å². The molecule has 0 aliphatic rings. The van der Waals surface area contributed by atoms with Crippen LogP contribution in [0, 0.1) is 0 Å². The van der Waals surface area contributed by atoms with E-state index in [1.807, 2.05) is 0 Å². The lowest BCUT2D eigenvalue weighted by Gasteiger charge is -2.11. The van der Waals surface area contributed by atoms with Gasteiger partial charge in [0.05, 0.1) is 5.52 Å². The van der Waals surface area contributed by atoms with Crippen molar-refractivity contribution in [3.63, 3.8) is 0 Å². The molecule has 1 nitrogen and oxygen atoms in total. The second-order valence-electron chi connectivity index (χ2n) is 7.35. The first-order valence-corrected chi connectivity index (χ1v) is 9.98. The van der Waals surface area contributed by atoms with E-state index in [-0.39, 0.29) is 0 Å². The third kappa shape index (κ3) is 2.80. The quantitative estimate of drug-likeness (QED) is 0.322. The standard InChI is InChI=1S/C27H23N/c1-2-20-17-24(22-13-7-4-8-14-22)27-23-15-9-10-16-25(23)28(26(27)18-20)19-21-11-5-3-6-12-21/h3-18H,2,19H2,1H3. The van der Waals surface area contributed by atoms with Crippen molar-refractivity contribution in [1.29, 1.82) is 0 Å². The number of rotatable bonds is 4. The summed E-state index contributed by atoms with van der Waals surface area (Å²) in [4.78, 5) is 0. The van der Waals surface area contributed by atoms with Crippen molar-refractivity contribution in [3.8, 4) is 11.1 Å². The summed E-state index contributed by atoms with van der Waals surface area (Å²) in [5.74, 6) is 0. The van der Waals surface area contributed by atoms with Crippen LogP contribution in [0.1, 0.15) is 18.1 Å². The van der Waals surface area contributed by atoms with Crippen LogP contribution in [0.4, 0.5) is 0 Å². The number of benzene rings is 4. The minimum atomic E-state index is 0.881. The van der Waals surface area contributed by atoms with Crippen LogP contribution in [0.25, 0.3) is 32.9 Å². The Kier molecular flexibility index (Phi) is 4.21. The minimum absolute atomic E-state index is 0.881. The van der Waals surface area contributed by atoms with Crippen molar-refractivity contribution in [3.05, 3.63) is 108 Å². The van der Waals surface area contributed by atoms with Gasteiger partial charge in [-0.05, 0) is 40.8 Å². The molecule has 0 fully saturated rings. The van der Waals surface area contributed by atoms with E-state index in [9.17, 15) is 0 Å². The van der Waals surface area contributed by atoms with E-state index in [4.69, 9.17) is 0 Å². The molecule has 136 valence electrons. The lowest BCUT2D eigenvalue weighted by atomic mass is 9.96. The third-order valence-corrected chi connectivity index (χ3v) is 5.61. The average molecular weight is 361 g/mol. The van der Waals surface area contributed by atoms with Crippen LogP contribution in [0.5, 0.6) is 0 Å². The van der Waals surface area contributed by atoms with Crippen LogP contribution < -0.4 is 0 Å². The number of nitrogens with zero attached hydrogens (tertiary/aromatic N) is 1. The van der Waals surface area contributed by atoms with E-state index in [1.54, 1.807) is 0 Å². The topological polar surface area (TPSA) is 4.93 Å². The molecule has 0 N–H and O–H groups in total. The minimum Gasteiger partial charge on any atom is -0.336 e. The van der Waals surface area contributed by atoms with Gasteiger partial charge in [0.25, 0.3) is 0 Å². The van der Waals surface area contributed by atoms with Crippen molar-refractivity contribution in [2.45, 2.75) is 19.9 Å². The summed E-state index contributed by atoms with van der Waals surface area (Å²) in [5, 5.41) is 2.69. The summed E-state index contributed by atoms with van der Waals surface area (Å²) in [5.41, 5.74) is 7.94. The maximum atomic E-state index is 2.48. The van der Waals surface area contributed by atoms with Crippen LogP contribution in [0.3, 0.4) is 0 Å². The van der Waals surface area contributed by atoms with Gasteiger partial charge in [0.1, 0.15) is 0 Å². The highest BCUT2D eigenvalue weighted by molar-refractivity contribution is 6.15. The number of aryl methyl sites for hydroxylation is 1. The molecule has 0 spiro atoms. The number of hydrogen-bond donors (Lipinski definition) is 0. The molecule has 0 saturated carbocycles. The molecule has 28 heavy (non-hydrogen) atoms. The fourth-order valence-electron chi connectivity index (χ4n) is 4.22. The van der Waals surface area contributed by atoms with Crippen molar-refractivity contribution >= 4 is 21.8 Å². The molecule has 5 aromatic rings. The van der Waals surface area contributed by atoms with Gasteiger partial charge >= 0.3 is 0 Å². The fraction of sp³-hybridized carbons (Fsp3) is 0.111. The molecule has 1 heterocycles. The SMILES string of the molecule is CCc1cc(-c2ccccc2)c2c3ccccc3n(Cc3ccccc3)c2c1. The highest BCUT2D eigenvalue weighted by Gasteiger charge is 2.16. The number of fused-ring (bicyclic) bond motifs is 3. The number of hydrogen-bond acceptors (Lipinski definition) is 0. The zero-order valence-electron chi connectivity index (χ0n) is 16.1. The predicted octanol–water partition coefficient (Wildman–Crippen LogP) is 7.07. The molecular formula is C27H23N. The van der Waals surface area contributed by atoms with Gasteiger partial charge in [0.2, 0.25) is 0 Å². The van der Waals surface area contributed by atoms with Gasteiger partial charge in [0, 0.05) is 22.8 Å². The maximum absolute atomic E-state index is 2.48. The first-order chi connectivity index (χ1) is 13.8. The summed E-state index contributed by atoms with van der Waals surface area (Å²) in [6, 6.07) is 35.1. The van der Waals surface area contributed by atoms with Crippen LogP contribution >= 0.6 is 0 Å². The van der Waals surface area contributed by atoms with Gasteiger partial charge in [-0.3, -0.25) is 0 Å². The van der Waals surface area contributed by atoms with E-state index >= 15 is 0 Å². The Bertz CT molecular complexity index is 1250. The molecule has 0 unspecified atom stereocenters. The van der Waals surface area contributed by atoms with Gasteiger partial charge in [0.15, 0.2) is 0 Å². The Labute approximate surface area is 165 Å². The first-order valence-electron chi connectivity index (χ1n) is 9.98. The molecule has 0 radical (unpaired) electrons. The molecule has 5 rings (SSSR count). The fourth-order valence-corrected chi connectivity index (χ4v) is 4.22. The lowest BCUT2D eigenvalue weighted by molar-refractivity contribution is 0.868. The van der Waals surface area contributed by atoms with Gasteiger partial charge < -0.3 is 4.57 Å². The third-order valence-electron chi connectivity index (χ3n) is 5.61. The second-order valence-corrected chi connectivity index (χ2v) is 7.35. The van der Waals surface area contributed by atoms with Gasteiger partial charge in [-0.1, -0.05) is 91.9 Å². The van der Waals surface area contributed by atoms with Crippen LogP contribution in [-0.2, 0) is 13.0 Å². The molecule has 1 heteroatoms. The van der Waals surface area contributed by atoms with Crippen molar-refractivity contribution in [2.75, 3.05) is 0 Å². The Morgan fingerprint density at radius 1 is 0.643 bits per heavy atom. The molecule has 0 aliphatic carbocycles. The second kappa shape index (κ2) is 7.01. The highest BCUT2D eigenvalue weighted by atomic mass is 15.0. The number of aromatic nitrogens is 1. The smallest absolute Gasteiger partial charge is 0.0503 e. The summed E-state index contributed by atoms with van der Waals surface area (Å²) in [7, 11) is 0. The monoisotopic (exact) mass is 361 g/mol. The maximum Gasteiger partial charge on any atom is 0.0503 e. The van der Waals surface area contributed by atoms with Gasteiger partial charge in [-0.25, -0.2) is 0 Å². The lowest BCUT2D eigenvalue weighted by Crippen LogP contribution is -1.99. The summed E-state index contributed by atoms with van der Waals surface area (Å²) in [6.07, 6.45) is 1.03. The van der Waals surface area contributed by atoms with E-state index in [0.717, 1.165) is 13.0 Å². The Morgan fingerprint density at radius 2 is 1.32 bits per heavy atom. The highest BCUT2D eigenvalue weighted by Crippen LogP contribution is 2.38. The van der Waals surface area contributed by atoms with E-state index in [0.29, 0.717) is 0 Å². The van der Waals surface area contributed by atoms with Crippen molar-refractivity contribution in [2.24, 2.45) is 0 Å². The van der Waals surface area contributed by atoms with Crippen molar-refractivity contribution < 1.29 is 0 Å². The van der Waals surface area contributed by atoms with E-state index in [1.165, 1.54) is 44.1 Å². The molecule has 0 amide bonds. The van der Waals surface area contributed by atoms with Crippen molar-refractivity contribution in [1.82, 2.24) is 4.57 Å². The summed E-state index contributed by atoms with van der Waals surface area (Å²) in [6.45, 7) is 3.12. The molecule has 0 aliphatic heterocycles. The largest absolute Gasteiger partial charge is 0.336 e. The summed E-state index contributed by atoms with van der Waals surface area (Å²) < 4.78 is 2.48. The van der Waals surface area contributed by atoms with Crippen LogP contribution in [0.15, 0.2) is 97.1 Å². The molecule has 0 bridgehead atoms. The van der Waals surface area contributed by atoms with E-state index in [2.05, 4.69) is 109 Å². The predicted molar refractivity (Wildman–Crippen MR) is 120 cm³/mol. The van der Waals surface area contributed by atoms with Gasteiger partial charge in [-0.15, -0.1) is 0 Å². The average Bonchev–Trinajstić information content (AvgIpc) is 3.08. The zero-order valence-corrected chi connectivity index (χ0v) is 16.1. The first kappa shape index (κ1) is 16.8.